The number of carbonyl (C=O) groups excluding carboxylic acids is 1. The summed E-state index contributed by atoms with van der Waals surface area (Å²) in [6, 6.07) is 17.5. The van der Waals surface area contributed by atoms with Crippen molar-refractivity contribution in [3.63, 3.8) is 0 Å². The molecule has 140 valence electrons. The lowest BCUT2D eigenvalue weighted by Gasteiger charge is -2.24. The maximum atomic E-state index is 11.7. The zero-order valence-electron chi connectivity index (χ0n) is 15.6. The summed E-state index contributed by atoms with van der Waals surface area (Å²) in [5, 5.41) is 13.1. The zero-order valence-corrected chi connectivity index (χ0v) is 15.6. The normalized spacial score (nSPS) is 12.5. The quantitative estimate of drug-likeness (QED) is 0.533. The monoisotopic (exact) mass is 357 g/mol. The van der Waals surface area contributed by atoms with E-state index in [1.165, 1.54) is 7.11 Å². The summed E-state index contributed by atoms with van der Waals surface area (Å²) in [5.41, 5.74) is 2.19. The number of aliphatic hydroxyl groups excluding tert-OH is 1. The van der Waals surface area contributed by atoms with E-state index in [1.807, 2.05) is 54.6 Å². The van der Waals surface area contributed by atoms with Crippen molar-refractivity contribution >= 4 is 11.7 Å². The lowest BCUT2D eigenvalue weighted by atomic mass is 10.0. The Balaban J connectivity index is 1.77. The number of anilines is 1. The first-order valence-electron chi connectivity index (χ1n) is 8.70. The van der Waals surface area contributed by atoms with Gasteiger partial charge in [0.25, 0.3) is 0 Å². The molecule has 2 N–H and O–H groups in total. The third kappa shape index (κ3) is 6.17. The van der Waals surface area contributed by atoms with E-state index < -0.39 is 11.8 Å². The third-order valence-corrected chi connectivity index (χ3v) is 4.06. The second-order valence-electron chi connectivity index (χ2n) is 6.70. The molecule has 0 bridgehead atoms. The molecule has 5 nitrogen and oxygen atoms in total. The van der Waals surface area contributed by atoms with E-state index >= 15 is 0 Å². The van der Waals surface area contributed by atoms with Crippen LogP contribution in [0, 0.1) is 0 Å². The van der Waals surface area contributed by atoms with Crippen molar-refractivity contribution in [2.45, 2.75) is 38.5 Å². The van der Waals surface area contributed by atoms with Gasteiger partial charge in [-0.1, -0.05) is 42.5 Å². The van der Waals surface area contributed by atoms with Crippen LogP contribution in [-0.4, -0.2) is 36.6 Å². The fourth-order valence-electron chi connectivity index (χ4n) is 2.61. The van der Waals surface area contributed by atoms with Crippen LogP contribution in [0.2, 0.25) is 0 Å². The van der Waals surface area contributed by atoms with Crippen LogP contribution in [0.4, 0.5) is 5.69 Å². The minimum atomic E-state index is -0.806. The van der Waals surface area contributed by atoms with Crippen LogP contribution in [0.1, 0.15) is 25.0 Å². The number of ether oxygens (including phenoxy) is 2. The standard InChI is InChI=1S/C21H27NO4/c1-21(2,20(24)25-3)22-18-11-9-16(10-12-18)13-14-26-19(23)15-17-7-5-4-6-8-17/h4-12,19,22-23H,13-15H2,1-3H3. The van der Waals surface area contributed by atoms with Gasteiger partial charge in [0.05, 0.1) is 13.7 Å². The van der Waals surface area contributed by atoms with E-state index in [1.54, 1.807) is 13.8 Å². The molecular formula is C21H27NO4. The molecule has 0 aliphatic rings. The van der Waals surface area contributed by atoms with E-state index in [2.05, 4.69) is 5.32 Å². The Kier molecular flexibility index (Phi) is 7.18. The number of hydrogen-bond donors (Lipinski definition) is 2. The average Bonchev–Trinajstić information content (AvgIpc) is 2.63. The Morgan fingerprint density at radius 2 is 1.73 bits per heavy atom. The Bertz CT molecular complexity index is 683. The van der Waals surface area contributed by atoms with Crippen LogP contribution in [-0.2, 0) is 27.1 Å². The average molecular weight is 357 g/mol. The van der Waals surface area contributed by atoms with Crippen molar-refractivity contribution in [1.82, 2.24) is 0 Å². The van der Waals surface area contributed by atoms with Crippen LogP contribution < -0.4 is 5.32 Å². The predicted octanol–water partition coefficient (Wildman–Crippen LogP) is 3.17. The molecule has 1 unspecified atom stereocenters. The molecule has 0 radical (unpaired) electrons. The summed E-state index contributed by atoms with van der Waals surface area (Å²) in [6.07, 6.45) is 0.373. The van der Waals surface area contributed by atoms with Crippen molar-refractivity contribution in [3.8, 4) is 0 Å². The van der Waals surface area contributed by atoms with Crippen molar-refractivity contribution in [2.75, 3.05) is 19.0 Å². The van der Waals surface area contributed by atoms with Gasteiger partial charge in [-0.05, 0) is 43.5 Å². The summed E-state index contributed by atoms with van der Waals surface area (Å²) in [5.74, 6) is -0.317. The van der Waals surface area contributed by atoms with Gasteiger partial charge >= 0.3 is 5.97 Å². The Morgan fingerprint density at radius 3 is 2.35 bits per heavy atom. The van der Waals surface area contributed by atoms with Crippen molar-refractivity contribution in [3.05, 3.63) is 65.7 Å². The third-order valence-electron chi connectivity index (χ3n) is 4.06. The molecule has 5 heteroatoms. The molecule has 2 aromatic rings. The van der Waals surface area contributed by atoms with Crippen LogP contribution in [0.25, 0.3) is 0 Å². The molecule has 0 aliphatic heterocycles. The van der Waals surface area contributed by atoms with E-state index in [0.717, 1.165) is 16.8 Å². The lowest BCUT2D eigenvalue weighted by molar-refractivity contribution is -0.144. The number of esters is 1. The molecular weight excluding hydrogens is 330 g/mol. The largest absolute Gasteiger partial charge is 0.467 e. The van der Waals surface area contributed by atoms with Gasteiger partial charge < -0.3 is 19.9 Å². The number of hydrogen-bond acceptors (Lipinski definition) is 5. The van der Waals surface area contributed by atoms with Gasteiger partial charge in [0.2, 0.25) is 0 Å². The number of benzene rings is 2. The minimum Gasteiger partial charge on any atom is -0.467 e. The number of nitrogens with one attached hydrogen (secondary N) is 1. The van der Waals surface area contributed by atoms with Crippen LogP contribution >= 0.6 is 0 Å². The zero-order chi connectivity index (χ0) is 19.0. The molecule has 0 fully saturated rings. The fraction of sp³-hybridized carbons (Fsp3) is 0.381. The summed E-state index contributed by atoms with van der Waals surface area (Å²) >= 11 is 0. The topological polar surface area (TPSA) is 67.8 Å². The molecule has 2 aromatic carbocycles. The summed E-state index contributed by atoms with van der Waals surface area (Å²) in [4.78, 5) is 11.7. The van der Waals surface area contributed by atoms with Crippen molar-refractivity contribution < 1.29 is 19.4 Å². The molecule has 0 saturated carbocycles. The number of aliphatic hydroxyl groups is 1. The molecule has 1 atom stereocenters. The van der Waals surface area contributed by atoms with Gasteiger partial charge in [-0.25, -0.2) is 4.79 Å². The summed E-state index contributed by atoms with van der Waals surface area (Å²) in [6.45, 7) is 3.98. The molecule has 0 spiro atoms. The molecule has 0 aromatic heterocycles. The number of rotatable bonds is 9. The first-order chi connectivity index (χ1) is 12.4. The summed E-state index contributed by atoms with van der Waals surface area (Å²) in [7, 11) is 1.38. The van der Waals surface area contributed by atoms with E-state index in [9.17, 15) is 9.90 Å². The number of carbonyl (C=O) groups is 1. The molecule has 2 rings (SSSR count). The van der Waals surface area contributed by atoms with Crippen LogP contribution in [0.3, 0.4) is 0 Å². The van der Waals surface area contributed by atoms with Crippen LogP contribution in [0.5, 0.6) is 0 Å². The van der Waals surface area contributed by atoms with Gasteiger partial charge in [0.1, 0.15) is 5.54 Å². The highest BCUT2D eigenvalue weighted by Gasteiger charge is 2.28. The highest BCUT2D eigenvalue weighted by Crippen LogP contribution is 2.17. The second kappa shape index (κ2) is 9.36. The Morgan fingerprint density at radius 1 is 1.08 bits per heavy atom. The second-order valence-corrected chi connectivity index (χ2v) is 6.70. The van der Waals surface area contributed by atoms with Gasteiger partial charge in [0, 0.05) is 12.1 Å². The first kappa shape index (κ1) is 19.9. The Labute approximate surface area is 155 Å². The smallest absolute Gasteiger partial charge is 0.330 e. The lowest BCUT2D eigenvalue weighted by Crippen LogP contribution is -2.41. The van der Waals surface area contributed by atoms with Crippen molar-refractivity contribution in [1.29, 1.82) is 0 Å². The molecule has 0 saturated heterocycles. The van der Waals surface area contributed by atoms with E-state index in [0.29, 0.717) is 19.4 Å². The first-order valence-corrected chi connectivity index (χ1v) is 8.70. The highest BCUT2D eigenvalue weighted by atomic mass is 16.6. The van der Waals surface area contributed by atoms with E-state index in [4.69, 9.17) is 9.47 Å². The van der Waals surface area contributed by atoms with Gasteiger partial charge in [-0.3, -0.25) is 0 Å². The van der Waals surface area contributed by atoms with E-state index in [-0.39, 0.29) is 5.97 Å². The molecule has 26 heavy (non-hydrogen) atoms. The maximum absolute atomic E-state index is 11.7. The maximum Gasteiger partial charge on any atom is 0.330 e. The summed E-state index contributed by atoms with van der Waals surface area (Å²) < 4.78 is 10.3. The number of methoxy groups -OCH3 is 1. The molecule has 0 amide bonds. The molecule has 0 aliphatic carbocycles. The van der Waals surface area contributed by atoms with Crippen molar-refractivity contribution in [2.24, 2.45) is 0 Å². The van der Waals surface area contributed by atoms with Gasteiger partial charge in [-0.2, -0.15) is 0 Å². The fourth-order valence-corrected chi connectivity index (χ4v) is 2.61. The highest BCUT2D eigenvalue weighted by molar-refractivity contribution is 5.83. The Hall–Kier alpha value is -2.37. The predicted molar refractivity (Wildman–Crippen MR) is 102 cm³/mol. The van der Waals surface area contributed by atoms with Crippen LogP contribution in [0.15, 0.2) is 54.6 Å². The van der Waals surface area contributed by atoms with Gasteiger partial charge in [0.15, 0.2) is 6.29 Å². The molecule has 0 heterocycles. The van der Waals surface area contributed by atoms with Gasteiger partial charge in [-0.15, -0.1) is 0 Å². The SMILES string of the molecule is COC(=O)C(C)(C)Nc1ccc(CCOC(O)Cc2ccccc2)cc1. The minimum absolute atomic E-state index is 0.317.